The van der Waals surface area contributed by atoms with Gasteiger partial charge < -0.3 is 10.2 Å². The van der Waals surface area contributed by atoms with Crippen LogP contribution in [0.1, 0.15) is 42.9 Å². The number of carbonyl (C=O) groups excluding carboxylic acids is 1. The van der Waals surface area contributed by atoms with Crippen molar-refractivity contribution in [2.45, 2.75) is 52.5 Å². The molecule has 2 aromatic rings. The number of sulfonamides is 1. The number of fused-ring (bicyclic) bond motifs is 1. The Morgan fingerprint density at radius 2 is 1.81 bits per heavy atom. The molecule has 1 aliphatic heterocycles. The molecule has 1 heterocycles. The van der Waals surface area contributed by atoms with Crippen molar-refractivity contribution in [2.24, 2.45) is 0 Å². The van der Waals surface area contributed by atoms with E-state index in [0.29, 0.717) is 31.1 Å². The smallest absolute Gasteiger partial charge is 0.232 e. The van der Waals surface area contributed by atoms with E-state index in [-0.39, 0.29) is 12.5 Å². The highest BCUT2D eigenvalue weighted by molar-refractivity contribution is 7.92. The Kier molecular flexibility index (Phi) is 7.82. The van der Waals surface area contributed by atoms with Crippen LogP contribution in [0.15, 0.2) is 42.5 Å². The van der Waals surface area contributed by atoms with Crippen molar-refractivity contribution in [3.63, 3.8) is 0 Å². The lowest BCUT2D eigenvalue weighted by atomic mass is 10.1. The number of carbonyl (C=O) groups is 1. The average molecular weight is 458 g/mol. The lowest BCUT2D eigenvalue weighted by Gasteiger charge is -2.25. The van der Waals surface area contributed by atoms with Crippen LogP contribution in [0.5, 0.6) is 0 Å². The molecule has 32 heavy (non-hydrogen) atoms. The van der Waals surface area contributed by atoms with Gasteiger partial charge in [0.05, 0.1) is 11.9 Å². The molecule has 3 rings (SSSR count). The molecule has 0 saturated heterocycles. The minimum atomic E-state index is -3.41. The Bertz CT molecular complexity index is 1030. The molecule has 0 aliphatic carbocycles. The number of benzene rings is 2. The SMILES string of the molecule is Cc1cc(C)cc(N(CCCC(=O)NCCCN2c3ccccc3C[C@@H]2C)S(C)(=O)=O)c1. The van der Waals surface area contributed by atoms with Crippen molar-refractivity contribution in [1.82, 2.24) is 5.32 Å². The van der Waals surface area contributed by atoms with E-state index in [1.807, 2.05) is 32.0 Å². The molecule has 2 aromatic carbocycles. The first-order chi connectivity index (χ1) is 15.1. The van der Waals surface area contributed by atoms with Crippen LogP contribution in [0.4, 0.5) is 11.4 Å². The molecule has 1 N–H and O–H groups in total. The average Bonchev–Trinajstić information content (AvgIpc) is 3.02. The molecule has 0 radical (unpaired) electrons. The molecule has 0 spiro atoms. The standard InChI is InChI=1S/C25H35N3O3S/c1-19-15-20(2)17-23(16-19)28(32(4,30)31)14-7-11-25(29)26-12-8-13-27-21(3)18-22-9-5-6-10-24(22)27/h5-6,9-10,15-17,21H,7-8,11-14,18H2,1-4H3,(H,26,29)/t21-/m0/s1. The van der Waals surface area contributed by atoms with Crippen LogP contribution in [0.3, 0.4) is 0 Å². The molecular formula is C25H35N3O3S. The molecule has 0 bridgehead atoms. The number of nitrogens with one attached hydrogen (secondary N) is 1. The second kappa shape index (κ2) is 10.4. The molecule has 0 unspecified atom stereocenters. The molecule has 6 nitrogen and oxygen atoms in total. The highest BCUT2D eigenvalue weighted by Crippen LogP contribution is 2.31. The topological polar surface area (TPSA) is 69.7 Å². The van der Waals surface area contributed by atoms with Crippen molar-refractivity contribution >= 4 is 27.3 Å². The first-order valence-electron chi connectivity index (χ1n) is 11.3. The van der Waals surface area contributed by atoms with Gasteiger partial charge in [-0.1, -0.05) is 24.3 Å². The Hall–Kier alpha value is -2.54. The van der Waals surface area contributed by atoms with Crippen LogP contribution < -0.4 is 14.5 Å². The maximum absolute atomic E-state index is 12.3. The lowest BCUT2D eigenvalue weighted by Crippen LogP contribution is -2.34. The van der Waals surface area contributed by atoms with Crippen LogP contribution in [0, 0.1) is 13.8 Å². The molecular weight excluding hydrogens is 422 g/mol. The predicted molar refractivity (Wildman–Crippen MR) is 132 cm³/mol. The summed E-state index contributed by atoms with van der Waals surface area (Å²) in [6, 6.07) is 14.7. The number of para-hydroxylation sites is 1. The predicted octanol–water partition coefficient (Wildman–Crippen LogP) is 3.81. The molecule has 0 aromatic heterocycles. The summed E-state index contributed by atoms with van der Waals surface area (Å²) in [6.45, 7) is 7.96. The summed E-state index contributed by atoms with van der Waals surface area (Å²) >= 11 is 0. The molecule has 0 fully saturated rings. The van der Waals surface area contributed by atoms with Crippen LogP contribution >= 0.6 is 0 Å². The zero-order chi connectivity index (χ0) is 23.3. The highest BCUT2D eigenvalue weighted by atomic mass is 32.2. The molecule has 1 aliphatic rings. The van der Waals surface area contributed by atoms with Gasteiger partial charge in [0.1, 0.15) is 0 Å². The molecule has 0 saturated carbocycles. The highest BCUT2D eigenvalue weighted by Gasteiger charge is 2.24. The largest absolute Gasteiger partial charge is 0.368 e. The maximum Gasteiger partial charge on any atom is 0.232 e. The molecule has 174 valence electrons. The van der Waals surface area contributed by atoms with Crippen LogP contribution in [-0.2, 0) is 21.2 Å². The van der Waals surface area contributed by atoms with Crippen molar-refractivity contribution in [3.05, 3.63) is 59.2 Å². The van der Waals surface area contributed by atoms with Gasteiger partial charge >= 0.3 is 0 Å². The van der Waals surface area contributed by atoms with Gasteiger partial charge in [-0.3, -0.25) is 9.10 Å². The number of anilines is 2. The van der Waals surface area contributed by atoms with E-state index in [2.05, 4.69) is 41.4 Å². The van der Waals surface area contributed by atoms with Crippen molar-refractivity contribution in [2.75, 3.05) is 35.1 Å². The van der Waals surface area contributed by atoms with E-state index >= 15 is 0 Å². The fourth-order valence-electron chi connectivity index (χ4n) is 4.50. The Morgan fingerprint density at radius 3 is 2.50 bits per heavy atom. The van der Waals surface area contributed by atoms with Crippen molar-refractivity contribution in [3.8, 4) is 0 Å². The molecule has 7 heteroatoms. The minimum absolute atomic E-state index is 0.0336. The van der Waals surface area contributed by atoms with Gasteiger partial charge in [-0.2, -0.15) is 0 Å². The summed E-state index contributed by atoms with van der Waals surface area (Å²) < 4.78 is 26.0. The van der Waals surface area contributed by atoms with Gasteiger partial charge in [0, 0.05) is 37.8 Å². The monoisotopic (exact) mass is 457 g/mol. The quantitative estimate of drug-likeness (QED) is 0.551. The summed E-state index contributed by atoms with van der Waals surface area (Å²) in [5.41, 5.74) is 5.38. The van der Waals surface area contributed by atoms with Crippen molar-refractivity contribution in [1.29, 1.82) is 0 Å². The van der Waals surface area contributed by atoms with Gasteiger partial charge in [-0.25, -0.2) is 8.42 Å². The zero-order valence-electron chi connectivity index (χ0n) is 19.6. The summed E-state index contributed by atoms with van der Waals surface area (Å²) in [5.74, 6) is -0.0336. The van der Waals surface area contributed by atoms with Crippen LogP contribution in [-0.4, -0.2) is 46.3 Å². The Morgan fingerprint density at radius 1 is 1.12 bits per heavy atom. The Labute approximate surface area is 192 Å². The summed E-state index contributed by atoms with van der Waals surface area (Å²) in [5, 5.41) is 2.98. The van der Waals surface area contributed by atoms with Crippen LogP contribution in [0.25, 0.3) is 0 Å². The van der Waals surface area contributed by atoms with E-state index in [9.17, 15) is 13.2 Å². The molecule has 1 atom stereocenters. The summed E-state index contributed by atoms with van der Waals surface area (Å²) in [4.78, 5) is 14.7. The fourth-order valence-corrected chi connectivity index (χ4v) is 5.45. The maximum atomic E-state index is 12.3. The van der Waals surface area contributed by atoms with E-state index in [1.165, 1.54) is 21.8 Å². The van der Waals surface area contributed by atoms with Gasteiger partial charge in [-0.15, -0.1) is 0 Å². The number of hydrogen-bond donors (Lipinski definition) is 1. The second-order valence-corrected chi connectivity index (χ2v) is 10.8. The van der Waals surface area contributed by atoms with Gasteiger partial charge in [-0.05, 0) is 74.9 Å². The minimum Gasteiger partial charge on any atom is -0.368 e. The first-order valence-corrected chi connectivity index (χ1v) is 13.2. The third-order valence-electron chi connectivity index (χ3n) is 5.91. The van der Waals surface area contributed by atoms with Gasteiger partial charge in [0.25, 0.3) is 0 Å². The fraction of sp³-hybridized carbons (Fsp3) is 0.480. The number of amides is 1. The number of hydrogen-bond acceptors (Lipinski definition) is 4. The van der Waals surface area contributed by atoms with Gasteiger partial charge in [0.15, 0.2) is 0 Å². The van der Waals surface area contributed by atoms with E-state index in [4.69, 9.17) is 0 Å². The number of rotatable bonds is 10. The first kappa shape index (κ1) is 24.1. The van der Waals surface area contributed by atoms with E-state index in [1.54, 1.807) is 0 Å². The van der Waals surface area contributed by atoms with E-state index in [0.717, 1.165) is 30.5 Å². The number of nitrogens with zero attached hydrogens (tertiary/aromatic N) is 2. The Balaban J connectivity index is 1.43. The summed E-state index contributed by atoms with van der Waals surface area (Å²) in [7, 11) is -3.41. The third kappa shape index (κ3) is 6.25. The van der Waals surface area contributed by atoms with Gasteiger partial charge in [0.2, 0.25) is 15.9 Å². The summed E-state index contributed by atoms with van der Waals surface area (Å²) in [6.07, 6.45) is 3.94. The van der Waals surface area contributed by atoms with E-state index < -0.39 is 10.0 Å². The normalized spacial score (nSPS) is 15.5. The molecule has 1 amide bonds. The van der Waals surface area contributed by atoms with Crippen LogP contribution in [0.2, 0.25) is 0 Å². The van der Waals surface area contributed by atoms with Crippen molar-refractivity contribution < 1.29 is 13.2 Å². The number of aryl methyl sites for hydroxylation is 2. The second-order valence-electron chi connectivity index (χ2n) is 8.86. The zero-order valence-corrected chi connectivity index (χ0v) is 20.4. The lowest BCUT2D eigenvalue weighted by molar-refractivity contribution is -0.121. The third-order valence-corrected chi connectivity index (χ3v) is 7.10.